The fraction of sp³-hybridized carbons (Fsp3) is 0.636. The highest BCUT2D eigenvalue weighted by Gasteiger charge is 2.12. The van der Waals surface area contributed by atoms with E-state index < -0.39 is 5.97 Å². The molecule has 1 saturated heterocycles. The Morgan fingerprint density at radius 2 is 2.24 bits per heavy atom. The van der Waals surface area contributed by atoms with Crippen LogP contribution >= 0.6 is 0 Å². The maximum atomic E-state index is 10.5. The van der Waals surface area contributed by atoms with Crippen LogP contribution in [-0.4, -0.2) is 53.8 Å². The smallest absolute Gasteiger partial charge is 0.311 e. The van der Waals surface area contributed by atoms with Crippen molar-refractivity contribution in [3.05, 3.63) is 17.8 Å². The largest absolute Gasteiger partial charge is 0.481 e. The van der Waals surface area contributed by atoms with Crippen LogP contribution in [-0.2, 0) is 22.4 Å². The summed E-state index contributed by atoms with van der Waals surface area (Å²) in [4.78, 5) is 16.8. The molecule has 0 unspecified atom stereocenters. The number of oxazole rings is 1. The Labute approximate surface area is 99.2 Å². The Morgan fingerprint density at radius 3 is 2.94 bits per heavy atom. The van der Waals surface area contributed by atoms with Crippen LogP contribution in [0.5, 0.6) is 0 Å². The molecular formula is C11H16N2O4. The van der Waals surface area contributed by atoms with Crippen LogP contribution in [0.2, 0.25) is 0 Å². The molecule has 2 rings (SSSR count). The molecule has 1 aromatic rings. The van der Waals surface area contributed by atoms with E-state index >= 15 is 0 Å². The zero-order valence-electron chi connectivity index (χ0n) is 9.59. The third-order valence-corrected chi connectivity index (χ3v) is 2.67. The van der Waals surface area contributed by atoms with Gasteiger partial charge in [-0.25, -0.2) is 4.98 Å². The number of carbonyl (C=O) groups is 1. The van der Waals surface area contributed by atoms with E-state index in [0.717, 1.165) is 32.8 Å². The van der Waals surface area contributed by atoms with Crippen molar-refractivity contribution in [1.82, 2.24) is 9.88 Å². The zero-order valence-corrected chi connectivity index (χ0v) is 9.59. The Kier molecular flexibility index (Phi) is 4.11. The highest BCUT2D eigenvalue weighted by molar-refractivity contribution is 5.69. The zero-order chi connectivity index (χ0) is 12.1. The maximum Gasteiger partial charge on any atom is 0.311 e. The predicted octanol–water partition coefficient (Wildman–Crippen LogP) is 0.176. The van der Waals surface area contributed by atoms with Crippen molar-refractivity contribution in [3.63, 3.8) is 0 Å². The van der Waals surface area contributed by atoms with Crippen molar-refractivity contribution in [2.24, 2.45) is 0 Å². The van der Waals surface area contributed by atoms with Gasteiger partial charge in [-0.15, -0.1) is 0 Å². The summed E-state index contributed by atoms with van der Waals surface area (Å²) in [5.41, 5.74) is 0. The summed E-state index contributed by atoms with van der Waals surface area (Å²) in [7, 11) is 0. The Balaban J connectivity index is 1.78. The lowest BCUT2D eigenvalue weighted by Crippen LogP contribution is -2.37. The van der Waals surface area contributed by atoms with Gasteiger partial charge in [0.05, 0.1) is 19.4 Å². The fourth-order valence-electron chi connectivity index (χ4n) is 1.77. The first-order chi connectivity index (χ1) is 8.24. The first kappa shape index (κ1) is 12.1. The van der Waals surface area contributed by atoms with Gasteiger partial charge < -0.3 is 14.3 Å². The van der Waals surface area contributed by atoms with Gasteiger partial charge in [0.1, 0.15) is 12.2 Å². The van der Waals surface area contributed by atoms with Crippen molar-refractivity contribution in [1.29, 1.82) is 0 Å². The average molecular weight is 240 g/mol. The van der Waals surface area contributed by atoms with Crippen LogP contribution in [0.3, 0.4) is 0 Å². The van der Waals surface area contributed by atoms with Gasteiger partial charge in [0, 0.05) is 26.1 Å². The molecule has 0 bridgehead atoms. The van der Waals surface area contributed by atoms with E-state index in [-0.39, 0.29) is 6.42 Å². The van der Waals surface area contributed by atoms with Crippen molar-refractivity contribution in [2.45, 2.75) is 12.8 Å². The molecule has 0 atom stereocenters. The van der Waals surface area contributed by atoms with Crippen LogP contribution < -0.4 is 0 Å². The van der Waals surface area contributed by atoms with Crippen LogP contribution in [0.1, 0.15) is 11.7 Å². The number of carboxylic acids is 1. The summed E-state index contributed by atoms with van der Waals surface area (Å²) < 4.78 is 10.6. The molecule has 0 aromatic carbocycles. The molecule has 17 heavy (non-hydrogen) atoms. The number of morpholine rings is 1. The third kappa shape index (κ3) is 3.83. The lowest BCUT2D eigenvalue weighted by Gasteiger charge is -2.25. The monoisotopic (exact) mass is 240 g/mol. The van der Waals surface area contributed by atoms with Gasteiger partial charge >= 0.3 is 5.97 Å². The van der Waals surface area contributed by atoms with Crippen molar-refractivity contribution in [2.75, 3.05) is 32.8 Å². The number of carboxylic acid groups (broad SMARTS) is 1. The second kappa shape index (κ2) is 5.79. The van der Waals surface area contributed by atoms with E-state index in [0.29, 0.717) is 18.1 Å². The summed E-state index contributed by atoms with van der Waals surface area (Å²) in [6, 6.07) is 0. The second-order valence-corrected chi connectivity index (χ2v) is 3.99. The summed E-state index contributed by atoms with van der Waals surface area (Å²) in [5, 5.41) is 8.60. The first-order valence-electron chi connectivity index (χ1n) is 5.69. The molecule has 6 heteroatoms. The van der Waals surface area contributed by atoms with Crippen molar-refractivity contribution >= 4 is 5.97 Å². The molecule has 94 valence electrons. The molecule has 2 heterocycles. The molecule has 1 fully saturated rings. The van der Waals surface area contributed by atoms with Gasteiger partial charge in [0.15, 0.2) is 5.89 Å². The standard InChI is InChI=1S/C11H16N2O4/c14-11(15)7-9-8-12-10(17-9)1-2-13-3-5-16-6-4-13/h8H,1-7H2,(H,14,15). The second-order valence-electron chi connectivity index (χ2n) is 3.99. The summed E-state index contributed by atoms with van der Waals surface area (Å²) >= 11 is 0. The van der Waals surface area contributed by atoms with Gasteiger partial charge in [-0.1, -0.05) is 0 Å². The lowest BCUT2D eigenvalue weighted by molar-refractivity contribution is -0.136. The quantitative estimate of drug-likeness (QED) is 0.791. The highest BCUT2D eigenvalue weighted by Crippen LogP contribution is 2.07. The third-order valence-electron chi connectivity index (χ3n) is 2.67. The van der Waals surface area contributed by atoms with Gasteiger partial charge in [-0.05, 0) is 0 Å². The van der Waals surface area contributed by atoms with Crippen LogP contribution in [0, 0.1) is 0 Å². The number of rotatable bonds is 5. The molecule has 1 aliphatic rings. The normalized spacial score (nSPS) is 17.2. The van der Waals surface area contributed by atoms with Gasteiger partial charge in [0.25, 0.3) is 0 Å². The topological polar surface area (TPSA) is 75.8 Å². The minimum atomic E-state index is -0.902. The highest BCUT2D eigenvalue weighted by atomic mass is 16.5. The average Bonchev–Trinajstić information content (AvgIpc) is 2.75. The predicted molar refractivity (Wildman–Crippen MR) is 58.8 cm³/mol. The molecule has 6 nitrogen and oxygen atoms in total. The summed E-state index contributed by atoms with van der Waals surface area (Å²) in [6.45, 7) is 4.29. The van der Waals surface area contributed by atoms with Crippen LogP contribution in [0.4, 0.5) is 0 Å². The van der Waals surface area contributed by atoms with Crippen LogP contribution in [0.15, 0.2) is 10.6 Å². The Hall–Kier alpha value is -1.40. The van der Waals surface area contributed by atoms with Gasteiger partial charge in [-0.2, -0.15) is 0 Å². The SMILES string of the molecule is O=C(O)Cc1cnc(CCN2CCOCC2)o1. The van der Waals surface area contributed by atoms with E-state index in [1.807, 2.05) is 0 Å². The van der Waals surface area contributed by atoms with E-state index in [2.05, 4.69) is 9.88 Å². The number of hydrogen-bond donors (Lipinski definition) is 1. The van der Waals surface area contributed by atoms with E-state index in [1.165, 1.54) is 6.20 Å². The minimum absolute atomic E-state index is 0.107. The molecule has 0 saturated carbocycles. The Bertz CT molecular complexity index is 371. The first-order valence-corrected chi connectivity index (χ1v) is 5.69. The van der Waals surface area contributed by atoms with E-state index in [4.69, 9.17) is 14.3 Å². The maximum absolute atomic E-state index is 10.5. The van der Waals surface area contributed by atoms with E-state index in [1.54, 1.807) is 0 Å². The van der Waals surface area contributed by atoms with Gasteiger partial charge in [0.2, 0.25) is 0 Å². The van der Waals surface area contributed by atoms with E-state index in [9.17, 15) is 4.79 Å². The van der Waals surface area contributed by atoms with Crippen molar-refractivity contribution in [3.8, 4) is 0 Å². The molecule has 0 radical (unpaired) electrons. The molecule has 1 aliphatic heterocycles. The number of ether oxygens (including phenoxy) is 1. The van der Waals surface area contributed by atoms with Crippen LogP contribution in [0.25, 0.3) is 0 Å². The molecule has 1 N–H and O–H groups in total. The fourth-order valence-corrected chi connectivity index (χ4v) is 1.77. The minimum Gasteiger partial charge on any atom is -0.481 e. The number of hydrogen-bond acceptors (Lipinski definition) is 5. The summed E-state index contributed by atoms with van der Waals surface area (Å²) in [6.07, 6.45) is 2.09. The Morgan fingerprint density at radius 1 is 1.47 bits per heavy atom. The number of nitrogens with zero attached hydrogens (tertiary/aromatic N) is 2. The number of aliphatic carboxylic acids is 1. The van der Waals surface area contributed by atoms with Crippen molar-refractivity contribution < 1.29 is 19.1 Å². The molecule has 0 aliphatic carbocycles. The lowest BCUT2D eigenvalue weighted by atomic mass is 10.3. The molecule has 0 amide bonds. The summed E-state index contributed by atoms with van der Waals surface area (Å²) in [5.74, 6) is 0.114. The van der Waals surface area contributed by atoms with Gasteiger partial charge in [-0.3, -0.25) is 9.69 Å². The number of aromatic nitrogens is 1. The molecule has 0 spiro atoms. The molecule has 1 aromatic heterocycles. The molecular weight excluding hydrogens is 224 g/mol.